The van der Waals surface area contributed by atoms with Crippen LogP contribution >= 0.6 is 0 Å². The molecule has 0 aromatic carbocycles. The largest absolute Gasteiger partial charge is 0.368 e. The number of hydrogen-bond donors (Lipinski definition) is 2. The van der Waals surface area contributed by atoms with Crippen molar-refractivity contribution < 1.29 is 8.42 Å². The smallest absolute Gasteiger partial charge is 0.228 e. The molecule has 0 fully saturated rings. The topological polar surface area (TPSA) is 111 Å². The first-order chi connectivity index (χ1) is 8.35. The summed E-state index contributed by atoms with van der Waals surface area (Å²) in [6.45, 7) is 3.89. The number of nitrogen functional groups attached to an aromatic ring is 1. The number of anilines is 2. The molecule has 0 aliphatic carbocycles. The second kappa shape index (κ2) is 4.52. The molecule has 0 bridgehead atoms. The molecule has 0 saturated carbocycles. The molecule has 1 aliphatic rings. The van der Waals surface area contributed by atoms with Gasteiger partial charge in [-0.1, -0.05) is 13.8 Å². The Morgan fingerprint density at radius 3 is 2.67 bits per heavy atom. The first kappa shape index (κ1) is 12.7. The zero-order valence-corrected chi connectivity index (χ0v) is 11.0. The van der Waals surface area contributed by atoms with Crippen molar-refractivity contribution >= 4 is 21.7 Å². The van der Waals surface area contributed by atoms with E-state index in [4.69, 9.17) is 5.73 Å². The van der Waals surface area contributed by atoms with Crippen LogP contribution in [0.15, 0.2) is 11.5 Å². The van der Waals surface area contributed by atoms with Crippen molar-refractivity contribution in [3.63, 3.8) is 0 Å². The molecular weight excluding hydrogens is 254 g/mol. The van der Waals surface area contributed by atoms with Crippen LogP contribution in [0.2, 0.25) is 0 Å². The van der Waals surface area contributed by atoms with Crippen molar-refractivity contribution in [2.45, 2.75) is 25.8 Å². The van der Waals surface area contributed by atoms with Gasteiger partial charge in [0.1, 0.15) is 5.82 Å². The molecule has 7 nitrogen and oxygen atoms in total. The second-order valence-corrected chi connectivity index (χ2v) is 6.37. The van der Waals surface area contributed by atoms with Gasteiger partial charge in [-0.3, -0.25) is 0 Å². The summed E-state index contributed by atoms with van der Waals surface area (Å²) in [4.78, 5) is 12.2. The summed E-state index contributed by atoms with van der Waals surface area (Å²) in [5.74, 6) is 1.14. The van der Waals surface area contributed by atoms with Crippen molar-refractivity contribution in [2.24, 2.45) is 0 Å². The third-order valence-electron chi connectivity index (χ3n) is 2.43. The minimum absolute atomic E-state index is 0.00952. The van der Waals surface area contributed by atoms with E-state index in [2.05, 4.69) is 20.3 Å². The van der Waals surface area contributed by atoms with Crippen molar-refractivity contribution in [3.05, 3.63) is 17.3 Å². The maximum absolute atomic E-state index is 11.3. The number of sulfone groups is 1. The molecule has 98 valence electrons. The van der Waals surface area contributed by atoms with Gasteiger partial charge in [0.05, 0.1) is 11.8 Å². The number of hydrogen-bond acceptors (Lipinski definition) is 7. The molecule has 0 radical (unpaired) electrons. The van der Waals surface area contributed by atoms with Crippen LogP contribution < -0.4 is 11.1 Å². The standard InChI is InChI=1S/C10H15N5O2S/c1-6(2)8-13-9(11)15-10(14-8)12-7-3-4-18(16,17)5-7/h3-4,6-7H,5H2,1-2H3,(H3,11,12,13,14,15). The molecule has 0 saturated heterocycles. The van der Waals surface area contributed by atoms with Crippen LogP contribution in [0.25, 0.3) is 0 Å². The van der Waals surface area contributed by atoms with Gasteiger partial charge in [-0.2, -0.15) is 15.0 Å². The zero-order chi connectivity index (χ0) is 13.3. The summed E-state index contributed by atoms with van der Waals surface area (Å²) in [7, 11) is -3.10. The monoisotopic (exact) mass is 269 g/mol. The van der Waals surface area contributed by atoms with E-state index >= 15 is 0 Å². The lowest BCUT2D eigenvalue weighted by Gasteiger charge is -2.12. The van der Waals surface area contributed by atoms with Crippen LogP contribution in [0.4, 0.5) is 11.9 Å². The van der Waals surface area contributed by atoms with Crippen LogP contribution in [0.5, 0.6) is 0 Å². The van der Waals surface area contributed by atoms with E-state index in [1.54, 1.807) is 6.08 Å². The molecule has 18 heavy (non-hydrogen) atoms. The molecule has 0 amide bonds. The molecule has 2 heterocycles. The Labute approximate surface area is 105 Å². The first-order valence-electron chi connectivity index (χ1n) is 5.54. The second-order valence-electron chi connectivity index (χ2n) is 4.44. The average molecular weight is 269 g/mol. The van der Waals surface area contributed by atoms with E-state index < -0.39 is 9.84 Å². The van der Waals surface area contributed by atoms with Crippen LogP contribution in [-0.2, 0) is 9.84 Å². The highest BCUT2D eigenvalue weighted by atomic mass is 32.2. The molecule has 1 atom stereocenters. The minimum Gasteiger partial charge on any atom is -0.368 e. The van der Waals surface area contributed by atoms with Gasteiger partial charge in [-0.15, -0.1) is 0 Å². The highest BCUT2D eigenvalue weighted by molar-refractivity contribution is 7.94. The van der Waals surface area contributed by atoms with Gasteiger partial charge in [0, 0.05) is 11.3 Å². The highest BCUT2D eigenvalue weighted by Crippen LogP contribution is 2.15. The number of aromatic nitrogens is 3. The predicted molar refractivity (Wildman–Crippen MR) is 68.7 cm³/mol. The van der Waals surface area contributed by atoms with Gasteiger partial charge in [-0.05, 0) is 6.08 Å². The van der Waals surface area contributed by atoms with E-state index in [0.717, 1.165) is 0 Å². The van der Waals surface area contributed by atoms with Crippen LogP contribution in [0.1, 0.15) is 25.6 Å². The molecule has 1 aliphatic heterocycles. The lowest BCUT2D eigenvalue weighted by Crippen LogP contribution is -2.23. The van der Waals surface area contributed by atoms with Crippen LogP contribution in [0, 0.1) is 0 Å². The fraction of sp³-hybridized carbons (Fsp3) is 0.500. The van der Waals surface area contributed by atoms with Gasteiger partial charge >= 0.3 is 0 Å². The molecule has 1 aromatic heterocycles. The molecule has 3 N–H and O–H groups in total. The van der Waals surface area contributed by atoms with E-state index in [0.29, 0.717) is 11.8 Å². The predicted octanol–water partition coefficient (Wildman–Crippen LogP) is 0.300. The lowest BCUT2D eigenvalue weighted by molar-refractivity contribution is 0.605. The third kappa shape index (κ3) is 2.95. The minimum atomic E-state index is -3.10. The number of nitrogens with zero attached hydrogens (tertiary/aromatic N) is 3. The summed E-state index contributed by atoms with van der Waals surface area (Å²) < 4.78 is 22.5. The first-order valence-corrected chi connectivity index (χ1v) is 7.26. The van der Waals surface area contributed by atoms with E-state index in [1.165, 1.54) is 5.41 Å². The summed E-state index contributed by atoms with van der Waals surface area (Å²) in [6, 6.07) is -0.322. The van der Waals surface area contributed by atoms with Gasteiger partial charge in [0.15, 0.2) is 9.84 Å². The fourth-order valence-electron chi connectivity index (χ4n) is 1.56. The average Bonchev–Trinajstić information content (AvgIpc) is 2.57. The van der Waals surface area contributed by atoms with Crippen molar-refractivity contribution in [2.75, 3.05) is 16.8 Å². The van der Waals surface area contributed by atoms with E-state index in [1.807, 2.05) is 13.8 Å². The normalized spacial score (nSPS) is 21.4. The summed E-state index contributed by atoms with van der Waals surface area (Å²) in [5, 5.41) is 4.12. The van der Waals surface area contributed by atoms with Crippen molar-refractivity contribution in [1.29, 1.82) is 0 Å². The summed E-state index contributed by atoms with van der Waals surface area (Å²) in [5.41, 5.74) is 5.59. The number of rotatable bonds is 3. The summed E-state index contributed by atoms with van der Waals surface area (Å²) in [6.07, 6.45) is 1.57. The Kier molecular flexibility index (Phi) is 3.20. The summed E-state index contributed by atoms with van der Waals surface area (Å²) >= 11 is 0. The van der Waals surface area contributed by atoms with E-state index in [-0.39, 0.29) is 23.7 Å². The Bertz CT molecular complexity index is 582. The number of nitrogens with one attached hydrogen (secondary N) is 1. The van der Waals surface area contributed by atoms with Gasteiger partial charge < -0.3 is 11.1 Å². The Hall–Kier alpha value is -1.70. The zero-order valence-electron chi connectivity index (χ0n) is 10.2. The van der Waals surface area contributed by atoms with Gasteiger partial charge in [0.25, 0.3) is 0 Å². The van der Waals surface area contributed by atoms with Gasteiger partial charge in [0.2, 0.25) is 11.9 Å². The molecule has 2 rings (SSSR count). The fourth-order valence-corrected chi connectivity index (χ4v) is 2.80. The Morgan fingerprint density at radius 2 is 2.11 bits per heavy atom. The van der Waals surface area contributed by atoms with Crippen LogP contribution in [0.3, 0.4) is 0 Å². The maximum Gasteiger partial charge on any atom is 0.228 e. The molecule has 1 unspecified atom stereocenters. The highest BCUT2D eigenvalue weighted by Gasteiger charge is 2.22. The Balaban J connectivity index is 2.18. The molecule has 0 spiro atoms. The van der Waals surface area contributed by atoms with Crippen molar-refractivity contribution in [1.82, 2.24) is 15.0 Å². The Morgan fingerprint density at radius 1 is 1.39 bits per heavy atom. The van der Waals surface area contributed by atoms with Crippen molar-refractivity contribution in [3.8, 4) is 0 Å². The third-order valence-corrected chi connectivity index (χ3v) is 3.83. The van der Waals surface area contributed by atoms with Crippen LogP contribution in [-0.4, -0.2) is 35.2 Å². The SMILES string of the molecule is CC(C)c1nc(N)nc(NC2C=CS(=O)(=O)C2)n1. The maximum atomic E-state index is 11.3. The molecule has 8 heteroatoms. The molecular formula is C10H15N5O2S. The number of nitrogens with two attached hydrogens (primary N) is 1. The quantitative estimate of drug-likeness (QED) is 0.811. The lowest BCUT2D eigenvalue weighted by atomic mass is 10.2. The van der Waals surface area contributed by atoms with Gasteiger partial charge in [-0.25, -0.2) is 8.42 Å². The molecule has 1 aromatic rings. The van der Waals surface area contributed by atoms with E-state index in [9.17, 15) is 8.42 Å².